The predicted octanol–water partition coefficient (Wildman–Crippen LogP) is 1.68. The maximum absolute atomic E-state index is 12.9. The number of piperazine rings is 1. The van der Waals surface area contributed by atoms with E-state index in [4.69, 9.17) is 0 Å². The average molecular weight is 321 g/mol. The first-order valence-electron chi connectivity index (χ1n) is 8.21. The van der Waals surface area contributed by atoms with Gasteiger partial charge in [-0.15, -0.1) is 0 Å². The molecule has 0 spiro atoms. The first kappa shape index (κ1) is 14.5. The summed E-state index contributed by atoms with van der Waals surface area (Å²) < 4.78 is 29.3. The lowest BCUT2D eigenvalue weighted by Gasteiger charge is -2.37. The van der Waals surface area contributed by atoms with Crippen LogP contribution in [0, 0.1) is 0 Å². The molecule has 2 saturated heterocycles. The Balaban J connectivity index is 1.52. The van der Waals surface area contributed by atoms with Crippen molar-refractivity contribution in [1.29, 1.82) is 0 Å². The molecule has 4 rings (SSSR count). The minimum atomic E-state index is -3.28. The number of benzene rings is 1. The Hall–Kier alpha value is -1.11. The van der Waals surface area contributed by atoms with Gasteiger partial charge < -0.3 is 4.90 Å². The Kier molecular flexibility index (Phi) is 3.43. The van der Waals surface area contributed by atoms with Crippen LogP contribution in [0.1, 0.15) is 26.2 Å². The molecule has 1 aromatic rings. The zero-order valence-corrected chi connectivity index (χ0v) is 13.7. The third kappa shape index (κ3) is 2.25. The Labute approximate surface area is 132 Å². The molecule has 0 N–H and O–H groups in total. The van der Waals surface area contributed by atoms with Gasteiger partial charge in [-0.05, 0) is 31.4 Å². The molecule has 120 valence electrons. The predicted molar refractivity (Wildman–Crippen MR) is 87.0 cm³/mol. The van der Waals surface area contributed by atoms with E-state index in [0.29, 0.717) is 19.1 Å². The van der Waals surface area contributed by atoms with Gasteiger partial charge in [-0.2, -0.15) is 17.0 Å². The zero-order chi connectivity index (χ0) is 15.3. The second-order valence-corrected chi connectivity index (χ2v) is 8.38. The van der Waals surface area contributed by atoms with Crippen molar-refractivity contribution < 1.29 is 8.42 Å². The van der Waals surface area contributed by atoms with E-state index in [2.05, 4.69) is 17.0 Å². The van der Waals surface area contributed by atoms with E-state index in [9.17, 15) is 8.42 Å². The molecule has 5 nitrogen and oxygen atoms in total. The zero-order valence-electron chi connectivity index (χ0n) is 12.9. The third-order valence-electron chi connectivity index (χ3n) is 5.14. The van der Waals surface area contributed by atoms with Crippen LogP contribution < -0.4 is 4.90 Å². The molecule has 0 amide bonds. The van der Waals surface area contributed by atoms with Gasteiger partial charge in [0.05, 0.1) is 0 Å². The van der Waals surface area contributed by atoms with Crippen LogP contribution in [-0.4, -0.2) is 54.8 Å². The topological polar surface area (TPSA) is 43.9 Å². The highest BCUT2D eigenvalue weighted by Crippen LogP contribution is 2.38. The molecule has 3 fully saturated rings. The molecule has 2 heterocycles. The molecule has 0 unspecified atom stereocenters. The second kappa shape index (κ2) is 5.22. The van der Waals surface area contributed by atoms with Crippen LogP contribution in [0.4, 0.5) is 5.69 Å². The SMILES string of the molecule is CCN(C1CC1)S(=O)(=O)N1C[C@@H]2C[C@H]1CN2c1ccccc1. The summed E-state index contributed by atoms with van der Waals surface area (Å²) in [6, 6.07) is 11.0. The number of anilines is 1. The van der Waals surface area contributed by atoms with Gasteiger partial charge in [-0.3, -0.25) is 0 Å². The summed E-state index contributed by atoms with van der Waals surface area (Å²) in [5.41, 5.74) is 1.21. The summed E-state index contributed by atoms with van der Waals surface area (Å²) in [6.45, 7) is 3.98. The summed E-state index contributed by atoms with van der Waals surface area (Å²) in [6.07, 6.45) is 2.99. The van der Waals surface area contributed by atoms with Crippen LogP contribution in [0.2, 0.25) is 0 Å². The van der Waals surface area contributed by atoms with Crippen LogP contribution in [-0.2, 0) is 10.2 Å². The minimum Gasteiger partial charge on any atom is -0.366 e. The highest BCUT2D eigenvalue weighted by atomic mass is 32.2. The summed E-state index contributed by atoms with van der Waals surface area (Å²) in [4.78, 5) is 2.37. The summed E-state index contributed by atoms with van der Waals surface area (Å²) in [7, 11) is -3.28. The lowest BCUT2D eigenvalue weighted by Crippen LogP contribution is -2.53. The van der Waals surface area contributed by atoms with Crippen LogP contribution in [0.25, 0.3) is 0 Å². The Morgan fingerprint density at radius 1 is 1.14 bits per heavy atom. The maximum Gasteiger partial charge on any atom is 0.282 e. The van der Waals surface area contributed by atoms with E-state index >= 15 is 0 Å². The van der Waals surface area contributed by atoms with Crippen molar-refractivity contribution in [2.24, 2.45) is 0 Å². The number of rotatable bonds is 5. The molecule has 2 atom stereocenters. The quantitative estimate of drug-likeness (QED) is 0.829. The number of fused-ring (bicyclic) bond motifs is 2. The number of hydrogen-bond donors (Lipinski definition) is 0. The van der Waals surface area contributed by atoms with Crippen molar-refractivity contribution in [3.05, 3.63) is 30.3 Å². The monoisotopic (exact) mass is 321 g/mol. The van der Waals surface area contributed by atoms with Gasteiger partial charge in [0, 0.05) is 43.4 Å². The maximum atomic E-state index is 12.9. The molecule has 1 saturated carbocycles. The average Bonchev–Trinajstić information content (AvgIpc) is 3.13. The highest BCUT2D eigenvalue weighted by molar-refractivity contribution is 7.86. The normalized spacial score (nSPS) is 28.7. The third-order valence-corrected chi connectivity index (χ3v) is 7.33. The van der Waals surface area contributed by atoms with E-state index in [1.54, 1.807) is 8.61 Å². The van der Waals surface area contributed by atoms with Gasteiger partial charge in [0.25, 0.3) is 10.2 Å². The van der Waals surface area contributed by atoms with Crippen LogP contribution >= 0.6 is 0 Å². The van der Waals surface area contributed by atoms with E-state index in [1.165, 1.54) is 5.69 Å². The van der Waals surface area contributed by atoms with E-state index < -0.39 is 10.2 Å². The molecule has 1 aromatic carbocycles. The molecule has 22 heavy (non-hydrogen) atoms. The second-order valence-electron chi connectivity index (χ2n) is 6.54. The first-order valence-corrected chi connectivity index (χ1v) is 9.61. The molecule has 1 aliphatic carbocycles. The minimum absolute atomic E-state index is 0.128. The Morgan fingerprint density at radius 3 is 2.41 bits per heavy atom. The molecular formula is C16H23N3O2S. The number of nitrogens with zero attached hydrogens (tertiary/aromatic N) is 3. The van der Waals surface area contributed by atoms with Gasteiger partial charge in [0.2, 0.25) is 0 Å². The molecule has 6 heteroatoms. The molecule has 2 aliphatic heterocycles. The summed E-state index contributed by atoms with van der Waals surface area (Å²) in [5.74, 6) is 0. The van der Waals surface area contributed by atoms with Gasteiger partial charge in [0.15, 0.2) is 0 Å². The van der Waals surface area contributed by atoms with Crippen LogP contribution in [0.15, 0.2) is 30.3 Å². The van der Waals surface area contributed by atoms with Crippen molar-refractivity contribution in [1.82, 2.24) is 8.61 Å². The van der Waals surface area contributed by atoms with Gasteiger partial charge in [0.1, 0.15) is 0 Å². The molecule has 0 radical (unpaired) electrons. The standard InChI is InChI=1S/C16H23N3O2S/c1-2-18(14-8-9-14)22(20,21)19-12-15-10-16(19)11-17(15)13-6-4-3-5-7-13/h3-7,14-16H,2,8-12H2,1H3/t15-,16-/m0/s1. The molecule has 2 bridgehead atoms. The van der Waals surface area contributed by atoms with E-state index in [-0.39, 0.29) is 12.1 Å². The van der Waals surface area contributed by atoms with Gasteiger partial charge in [-0.1, -0.05) is 25.1 Å². The van der Waals surface area contributed by atoms with Gasteiger partial charge >= 0.3 is 0 Å². The molecular weight excluding hydrogens is 298 g/mol. The Morgan fingerprint density at radius 2 is 1.86 bits per heavy atom. The first-order chi connectivity index (χ1) is 10.6. The number of para-hydroxylation sites is 1. The fourth-order valence-corrected chi connectivity index (χ4v) is 6.03. The van der Waals surface area contributed by atoms with Crippen molar-refractivity contribution in [3.8, 4) is 0 Å². The smallest absolute Gasteiger partial charge is 0.282 e. The van der Waals surface area contributed by atoms with Crippen LogP contribution in [0.3, 0.4) is 0 Å². The van der Waals surface area contributed by atoms with Crippen molar-refractivity contribution in [2.75, 3.05) is 24.5 Å². The summed E-state index contributed by atoms with van der Waals surface area (Å²) in [5, 5.41) is 0. The van der Waals surface area contributed by atoms with E-state index in [0.717, 1.165) is 25.8 Å². The highest BCUT2D eigenvalue weighted by Gasteiger charge is 2.51. The largest absolute Gasteiger partial charge is 0.366 e. The van der Waals surface area contributed by atoms with Crippen molar-refractivity contribution in [3.63, 3.8) is 0 Å². The fraction of sp³-hybridized carbons (Fsp3) is 0.625. The number of hydrogen-bond acceptors (Lipinski definition) is 3. The molecule has 3 aliphatic rings. The molecule has 0 aromatic heterocycles. The van der Waals surface area contributed by atoms with Crippen molar-refractivity contribution >= 4 is 15.9 Å². The fourth-order valence-electron chi connectivity index (χ4n) is 3.96. The van der Waals surface area contributed by atoms with E-state index in [1.807, 2.05) is 25.1 Å². The lowest BCUT2D eigenvalue weighted by molar-refractivity contribution is 0.314. The van der Waals surface area contributed by atoms with Crippen molar-refractivity contribution in [2.45, 2.75) is 44.3 Å². The van der Waals surface area contributed by atoms with Crippen LogP contribution in [0.5, 0.6) is 0 Å². The Bertz CT molecular complexity index is 645. The lowest BCUT2D eigenvalue weighted by atomic mass is 10.2. The summed E-state index contributed by atoms with van der Waals surface area (Å²) >= 11 is 0. The van der Waals surface area contributed by atoms with Gasteiger partial charge in [-0.25, -0.2) is 0 Å².